The molecule has 1 saturated carbocycles. The molecule has 1 aliphatic rings. The zero-order valence-electron chi connectivity index (χ0n) is 20.0. The lowest BCUT2D eigenvalue weighted by atomic mass is 9.13. The minimum Gasteiger partial charge on any atom is -0.0596 e. The van der Waals surface area contributed by atoms with E-state index in [4.69, 9.17) is 0 Å². The molecular weight excluding hydrogens is 288 g/mol. The number of hydrogen-bond donors (Lipinski definition) is 0. The highest BCUT2D eigenvalue weighted by molar-refractivity contribution is 5.34. The van der Waals surface area contributed by atoms with Gasteiger partial charge in [0.15, 0.2) is 0 Å². The van der Waals surface area contributed by atoms with Gasteiger partial charge in [-0.05, 0) is 43.3 Å². The Morgan fingerprint density at radius 1 is 0.292 bits per heavy atom. The van der Waals surface area contributed by atoms with E-state index in [2.05, 4.69) is 111 Å². The van der Waals surface area contributed by atoms with Crippen molar-refractivity contribution in [1.82, 2.24) is 0 Å². The quantitative estimate of drug-likeness (QED) is 0.418. The lowest BCUT2D eigenvalue weighted by Crippen LogP contribution is -2.86. The van der Waals surface area contributed by atoms with Crippen LogP contribution in [0.15, 0.2) is 0 Å². The Morgan fingerprint density at radius 2 is 0.375 bits per heavy atom. The van der Waals surface area contributed by atoms with Crippen LogP contribution in [0.25, 0.3) is 0 Å². The van der Waals surface area contributed by atoms with Gasteiger partial charge in [0.1, 0.15) is 0 Å². The average molecular weight is 337 g/mol. The molecule has 0 radical (unpaired) electrons. The largest absolute Gasteiger partial charge is 0.0596 e. The monoisotopic (exact) mass is 336 g/mol. The Morgan fingerprint density at radius 3 is 0.417 bits per heavy atom. The van der Waals surface area contributed by atoms with Gasteiger partial charge in [-0.1, -0.05) is 111 Å². The van der Waals surface area contributed by atoms with Gasteiger partial charge in [-0.25, -0.2) is 0 Å². The van der Waals surface area contributed by atoms with Crippen LogP contribution in [0.1, 0.15) is 111 Å². The molecule has 0 aromatic rings. The zero-order chi connectivity index (χ0) is 20.0. The maximum atomic E-state index is 2.61. The summed E-state index contributed by atoms with van der Waals surface area (Å²) in [4.78, 5) is 0. The predicted molar refractivity (Wildman–Crippen MR) is 110 cm³/mol. The summed E-state index contributed by atoms with van der Waals surface area (Å²) in [6.45, 7) is 40.1. The molecule has 0 bridgehead atoms. The number of hydrogen-bond acceptors (Lipinski definition) is 0. The minimum atomic E-state index is 0.228. The summed E-state index contributed by atoms with van der Waals surface area (Å²) in [6.07, 6.45) is 0. The second kappa shape index (κ2) is 4.83. The van der Waals surface area contributed by atoms with Crippen LogP contribution in [0, 0.1) is 43.3 Å². The fourth-order valence-electron chi connectivity index (χ4n) is 7.94. The van der Waals surface area contributed by atoms with E-state index in [9.17, 15) is 0 Å². The van der Waals surface area contributed by atoms with Gasteiger partial charge in [0.25, 0.3) is 0 Å². The van der Waals surface area contributed by atoms with Crippen LogP contribution in [0.4, 0.5) is 0 Å². The van der Waals surface area contributed by atoms with Crippen LogP contribution in [-0.4, -0.2) is 0 Å². The molecule has 0 aliphatic heterocycles. The molecule has 0 aromatic carbocycles. The SMILES string of the molecule is CC(C)(C)C1(C)C(C)(C(C)(C)C)C(C)(C(C)(C)C)C1(C)C(C)(C)C. The minimum absolute atomic E-state index is 0.228. The summed E-state index contributed by atoms with van der Waals surface area (Å²) in [5.74, 6) is 0. The summed E-state index contributed by atoms with van der Waals surface area (Å²) < 4.78 is 0. The van der Waals surface area contributed by atoms with E-state index in [0.717, 1.165) is 0 Å². The highest BCUT2D eigenvalue weighted by atomic mass is 14.9. The molecule has 0 saturated heterocycles. The van der Waals surface area contributed by atoms with Gasteiger partial charge in [0.2, 0.25) is 0 Å². The van der Waals surface area contributed by atoms with Gasteiger partial charge in [0.05, 0.1) is 0 Å². The molecule has 0 unspecified atom stereocenters. The first-order valence-electron chi connectivity index (χ1n) is 10.0. The summed E-state index contributed by atoms with van der Waals surface area (Å²) in [6, 6.07) is 0. The van der Waals surface area contributed by atoms with Crippen molar-refractivity contribution in [2.45, 2.75) is 111 Å². The first kappa shape index (κ1) is 22.0. The van der Waals surface area contributed by atoms with E-state index >= 15 is 0 Å². The highest BCUT2D eigenvalue weighted by Crippen LogP contribution is 2.92. The summed E-state index contributed by atoms with van der Waals surface area (Å²) in [5.41, 5.74) is 1.86. The van der Waals surface area contributed by atoms with Gasteiger partial charge < -0.3 is 0 Å². The van der Waals surface area contributed by atoms with Crippen molar-refractivity contribution in [3.8, 4) is 0 Å². The zero-order valence-corrected chi connectivity index (χ0v) is 20.0. The molecule has 0 nitrogen and oxygen atoms in total. The normalized spacial score (nSPS) is 42.0. The van der Waals surface area contributed by atoms with E-state index in [1.165, 1.54) is 0 Å². The Bertz CT molecular complexity index is 386. The molecule has 144 valence electrons. The van der Waals surface area contributed by atoms with Crippen LogP contribution in [0.2, 0.25) is 0 Å². The second-order valence-corrected chi connectivity index (χ2v) is 13.5. The Balaban J connectivity index is 4.09. The van der Waals surface area contributed by atoms with Crippen LogP contribution in [0.5, 0.6) is 0 Å². The van der Waals surface area contributed by atoms with Crippen molar-refractivity contribution in [2.75, 3.05) is 0 Å². The van der Waals surface area contributed by atoms with Gasteiger partial charge >= 0.3 is 0 Å². The van der Waals surface area contributed by atoms with E-state index in [1.54, 1.807) is 0 Å². The van der Waals surface area contributed by atoms with Crippen LogP contribution in [0.3, 0.4) is 0 Å². The van der Waals surface area contributed by atoms with Gasteiger partial charge in [-0.15, -0.1) is 0 Å². The van der Waals surface area contributed by atoms with Crippen molar-refractivity contribution in [1.29, 1.82) is 0 Å². The fraction of sp³-hybridized carbons (Fsp3) is 1.00. The second-order valence-electron chi connectivity index (χ2n) is 13.5. The third kappa shape index (κ3) is 1.87. The molecule has 0 heterocycles. The molecule has 1 rings (SSSR count). The van der Waals surface area contributed by atoms with E-state index in [0.29, 0.717) is 0 Å². The average Bonchev–Trinajstić information content (AvgIpc) is 2.28. The topological polar surface area (TPSA) is 0 Å². The first-order chi connectivity index (χ1) is 10.0. The molecule has 0 aromatic heterocycles. The molecule has 0 heteroatoms. The predicted octanol–water partition coefficient (Wildman–Crippen LogP) is 8.21. The lowest BCUT2D eigenvalue weighted by molar-refractivity contribution is -0.442. The lowest BCUT2D eigenvalue weighted by Gasteiger charge is -2.91. The van der Waals surface area contributed by atoms with Crippen molar-refractivity contribution in [3.63, 3.8) is 0 Å². The Kier molecular flexibility index (Phi) is 4.44. The molecular formula is C24H48. The van der Waals surface area contributed by atoms with Crippen molar-refractivity contribution in [3.05, 3.63) is 0 Å². The van der Waals surface area contributed by atoms with Gasteiger partial charge in [0, 0.05) is 0 Å². The maximum Gasteiger partial charge on any atom is -0.0148 e. The first-order valence-corrected chi connectivity index (χ1v) is 10.0. The van der Waals surface area contributed by atoms with Gasteiger partial charge in [-0.2, -0.15) is 0 Å². The molecule has 0 atom stereocenters. The molecule has 0 spiro atoms. The van der Waals surface area contributed by atoms with Crippen LogP contribution in [-0.2, 0) is 0 Å². The van der Waals surface area contributed by atoms with Crippen molar-refractivity contribution in [2.24, 2.45) is 43.3 Å². The van der Waals surface area contributed by atoms with E-state index < -0.39 is 0 Å². The molecule has 1 aliphatic carbocycles. The number of rotatable bonds is 0. The fourth-order valence-corrected chi connectivity index (χ4v) is 7.94. The van der Waals surface area contributed by atoms with Crippen molar-refractivity contribution < 1.29 is 0 Å². The molecule has 0 amide bonds. The van der Waals surface area contributed by atoms with Gasteiger partial charge in [-0.3, -0.25) is 0 Å². The summed E-state index contributed by atoms with van der Waals surface area (Å²) >= 11 is 0. The molecule has 0 N–H and O–H groups in total. The summed E-state index contributed by atoms with van der Waals surface area (Å²) in [7, 11) is 0. The Labute approximate surface area is 154 Å². The van der Waals surface area contributed by atoms with E-state index in [1.807, 2.05) is 0 Å². The van der Waals surface area contributed by atoms with Crippen molar-refractivity contribution >= 4 is 0 Å². The maximum absolute atomic E-state index is 2.61. The Hall–Kier alpha value is 0. The highest BCUT2D eigenvalue weighted by Gasteiger charge is 2.87. The third-order valence-corrected chi connectivity index (χ3v) is 10.0. The smallest absolute Gasteiger partial charge is 0.0148 e. The summed E-state index contributed by atoms with van der Waals surface area (Å²) in [5, 5.41) is 0. The standard InChI is InChI=1S/C24H48/c1-17(2,3)21(13)22(14,18(4,5)6)24(16,20(10,11)12)23(21,15)19(7,8)9/h1-16H3. The van der Waals surface area contributed by atoms with Crippen LogP contribution >= 0.6 is 0 Å². The van der Waals surface area contributed by atoms with Crippen LogP contribution < -0.4 is 0 Å². The third-order valence-electron chi connectivity index (χ3n) is 10.0. The molecule has 1 fully saturated rings. The van der Waals surface area contributed by atoms with E-state index in [-0.39, 0.29) is 43.3 Å². The molecule has 24 heavy (non-hydrogen) atoms.